The highest BCUT2D eigenvalue weighted by atomic mass is 16.2. The molecule has 3 heterocycles. The minimum absolute atomic E-state index is 0.0521. The minimum Gasteiger partial charge on any atom is -0.352 e. The Morgan fingerprint density at radius 3 is 2.17 bits per heavy atom. The van der Waals surface area contributed by atoms with Crippen molar-refractivity contribution in [3.8, 4) is 0 Å². The first kappa shape index (κ1) is 19.0. The van der Waals surface area contributed by atoms with Gasteiger partial charge in [-0.2, -0.15) is 5.10 Å². The molecule has 0 bridgehead atoms. The van der Waals surface area contributed by atoms with Crippen LogP contribution < -0.4 is 4.90 Å². The van der Waals surface area contributed by atoms with Crippen LogP contribution in [0.5, 0.6) is 0 Å². The van der Waals surface area contributed by atoms with E-state index in [9.17, 15) is 14.4 Å². The second kappa shape index (κ2) is 7.98. The molecular weight excluding hydrogens is 370 g/mol. The summed E-state index contributed by atoms with van der Waals surface area (Å²) >= 11 is 0. The number of aryl methyl sites for hydroxylation is 1. The molecule has 1 aromatic heterocycles. The molecule has 0 saturated carbocycles. The predicted molar refractivity (Wildman–Crippen MR) is 107 cm³/mol. The van der Waals surface area contributed by atoms with Gasteiger partial charge in [0.1, 0.15) is 0 Å². The molecule has 0 aliphatic carbocycles. The fourth-order valence-electron chi connectivity index (χ4n) is 3.73. The highest BCUT2D eigenvalue weighted by Crippen LogP contribution is 2.22. The first-order chi connectivity index (χ1) is 14.0. The molecule has 2 aliphatic rings. The van der Waals surface area contributed by atoms with Crippen LogP contribution in [-0.4, -0.2) is 70.4 Å². The standard InChI is InChI=1S/C21H23N5O3/c1-15-8-9-18(23-22-15)24-11-13-25(14-12-24)19(27)7-4-10-26-20(28)16-5-2-3-6-17(16)21(26)29/h2-3,5-6,8-9H,4,7,10-14H2,1H3. The third-order valence-corrected chi connectivity index (χ3v) is 5.39. The Balaban J connectivity index is 1.24. The van der Waals surface area contributed by atoms with Gasteiger partial charge in [-0.05, 0) is 37.6 Å². The average Bonchev–Trinajstić information content (AvgIpc) is 2.99. The molecule has 2 aromatic rings. The lowest BCUT2D eigenvalue weighted by molar-refractivity contribution is -0.131. The SMILES string of the molecule is Cc1ccc(N2CCN(C(=O)CCCN3C(=O)c4ccccc4C3=O)CC2)nn1. The Morgan fingerprint density at radius 1 is 0.931 bits per heavy atom. The van der Waals surface area contributed by atoms with Crippen LogP contribution in [0.1, 0.15) is 39.3 Å². The van der Waals surface area contributed by atoms with Crippen molar-refractivity contribution in [2.24, 2.45) is 0 Å². The molecule has 0 spiro atoms. The van der Waals surface area contributed by atoms with E-state index in [1.54, 1.807) is 24.3 Å². The number of imide groups is 1. The van der Waals surface area contributed by atoms with Crippen molar-refractivity contribution in [2.45, 2.75) is 19.8 Å². The third-order valence-electron chi connectivity index (χ3n) is 5.39. The number of amides is 3. The van der Waals surface area contributed by atoms with Crippen molar-refractivity contribution in [3.05, 3.63) is 53.2 Å². The predicted octanol–water partition coefficient (Wildman–Crippen LogP) is 1.51. The van der Waals surface area contributed by atoms with Crippen molar-refractivity contribution in [3.63, 3.8) is 0 Å². The Labute approximate surface area is 169 Å². The van der Waals surface area contributed by atoms with Crippen LogP contribution in [0.15, 0.2) is 36.4 Å². The summed E-state index contributed by atoms with van der Waals surface area (Å²) in [5.74, 6) is 0.335. The number of rotatable bonds is 5. The van der Waals surface area contributed by atoms with Gasteiger partial charge in [0.05, 0.1) is 16.8 Å². The summed E-state index contributed by atoms with van der Waals surface area (Å²) in [5.41, 5.74) is 1.76. The molecule has 1 aromatic carbocycles. The number of hydrogen-bond donors (Lipinski definition) is 0. The molecule has 0 atom stereocenters. The van der Waals surface area contributed by atoms with Crippen molar-refractivity contribution >= 4 is 23.5 Å². The lowest BCUT2D eigenvalue weighted by Crippen LogP contribution is -2.49. The first-order valence-electron chi connectivity index (χ1n) is 9.83. The summed E-state index contributed by atoms with van der Waals surface area (Å²) in [6, 6.07) is 10.7. The van der Waals surface area contributed by atoms with E-state index in [2.05, 4.69) is 15.1 Å². The fraction of sp³-hybridized carbons (Fsp3) is 0.381. The maximum Gasteiger partial charge on any atom is 0.261 e. The van der Waals surface area contributed by atoms with Gasteiger partial charge >= 0.3 is 0 Å². The summed E-state index contributed by atoms with van der Waals surface area (Å²) in [7, 11) is 0. The number of hydrogen-bond acceptors (Lipinski definition) is 6. The van der Waals surface area contributed by atoms with Crippen LogP contribution in [-0.2, 0) is 4.79 Å². The van der Waals surface area contributed by atoms with E-state index >= 15 is 0 Å². The smallest absolute Gasteiger partial charge is 0.261 e. The number of nitrogens with zero attached hydrogens (tertiary/aromatic N) is 5. The number of anilines is 1. The second-order valence-electron chi connectivity index (χ2n) is 7.31. The summed E-state index contributed by atoms with van der Waals surface area (Å²) in [6.07, 6.45) is 0.783. The Morgan fingerprint density at radius 2 is 1.59 bits per heavy atom. The maximum atomic E-state index is 12.5. The second-order valence-corrected chi connectivity index (χ2v) is 7.31. The van der Waals surface area contributed by atoms with E-state index in [-0.39, 0.29) is 24.3 Å². The Hall–Kier alpha value is -3.29. The molecule has 1 saturated heterocycles. The maximum absolute atomic E-state index is 12.5. The normalized spacial score (nSPS) is 16.4. The van der Waals surface area contributed by atoms with Crippen LogP contribution in [0.25, 0.3) is 0 Å². The zero-order chi connectivity index (χ0) is 20.4. The van der Waals surface area contributed by atoms with Crippen LogP contribution in [0.2, 0.25) is 0 Å². The van der Waals surface area contributed by atoms with Crippen LogP contribution >= 0.6 is 0 Å². The van der Waals surface area contributed by atoms with Gasteiger partial charge in [-0.3, -0.25) is 19.3 Å². The highest BCUT2D eigenvalue weighted by molar-refractivity contribution is 6.21. The summed E-state index contributed by atoms with van der Waals surface area (Å²) in [5, 5.41) is 8.28. The van der Waals surface area contributed by atoms with Gasteiger partial charge < -0.3 is 9.80 Å². The third kappa shape index (κ3) is 3.83. The summed E-state index contributed by atoms with van der Waals surface area (Å²) < 4.78 is 0. The van der Waals surface area contributed by atoms with Gasteiger partial charge in [-0.15, -0.1) is 5.10 Å². The van der Waals surface area contributed by atoms with Crippen molar-refractivity contribution < 1.29 is 14.4 Å². The van der Waals surface area contributed by atoms with E-state index in [1.807, 2.05) is 24.0 Å². The fourth-order valence-corrected chi connectivity index (χ4v) is 3.73. The van der Waals surface area contributed by atoms with Crippen molar-refractivity contribution in [2.75, 3.05) is 37.6 Å². The average molecular weight is 393 g/mol. The van der Waals surface area contributed by atoms with Crippen LogP contribution in [0, 0.1) is 6.92 Å². The van der Waals surface area contributed by atoms with Crippen LogP contribution in [0.3, 0.4) is 0 Å². The molecule has 3 amide bonds. The number of carbonyl (C=O) groups excluding carboxylic acids is 3. The number of aromatic nitrogens is 2. The summed E-state index contributed by atoms with van der Waals surface area (Å²) in [4.78, 5) is 42.5. The van der Waals surface area contributed by atoms with Crippen LogP contribution in [0.4, 0.5) is 5.82 Å². The van der Waals surface area contributed by atoms with Crippen molar-refractivity contribution in [1.82, 2.24) is 20.0 Å². The lowest BCUT2D eigenvalue weighted by Gasteiger charge is -2.35. The van der Waals surface area contributed by atoms with E-state index in [1.165, 1.54) is 4.90 Å². The molecule has 0 unspecified atom stereocenters. The highest BCUT2D eigenvalue weighted by Gasteiger charge is 2.34. The monoisotopic (exact) mass is 393 g/mol. The van der Waals surface area contributed by atoms with Gasteiger partial charge in [0.25, 0.3) is 11.8 Å². The summed E-state index contributed by atoms with van der Waals surface area (Å²) in [6.45, 7) is 4.83. The zero-order valence-corrected chi connectivity index (χ0v) is 16.4. The van der Waals surface area contributed by atoms with E-state index in [4.69, 9.17) is 0 Å². The molecule has 8 nitrogen and oxygen atoms in total. The molecular formula is C21H23N5O3. The largest absolute Gasteiger partial charge is 0.352 e. The lowest BCUT2D eigenvalue weighted by atomic mass is 10.1. The molecule has 8 heteroatoms. The molecule has 2 aliphatic heterocycles. The van der Waals surface area contributed by atoms with Gasteiger partial charge in [-0.25, -0.2) is 0 Å². The molecule has 150 valence electrons. The van der Waals surface area contributed by atoms with Crippen molar-refractivity contribution in [1.29, 1.82) is 0 Å². The number of carbonyl (C=O) groups is 3. The molecule has 1 fully saturated rings. The van der Waals surface area contributed by atoms with Gasteiger partial charge in [-0.1, -0.05) is 12.1 Å². The van der Waals surface area contributed by atoms with E-state index in [0.29, 0.717) is 50.1 Å². The van der Waals surface area contributed by atoms with Gasteiger partial charge in [0.15, 0.2) is 5.82 Å². The number of piperazine rings is 1. The van der Waals surface area contributed by atoms with E-state index in [0.717, 1.165) is 11.5 Å². The molecule has 0 radical (unpaired) electrons. The Bertz CT molecular complexity index is 901. The number of fused-ring (bicyclic) bond motifs is 1. The zero-order valence-electron chi connectivity index (χ0n) is 16.4. The van der Waals surface area contributed by atoms with Gasteiger partial charge in [0.2, 0.25) is 5.91 Å². The molecule has 4 rings (SSSR count). The van der Waals surface area contributed by atoms with Gasteiger partial charge in [0, 0.05) is 39.1 Å². The van der Waals surface area contributed by atoms with E-state index < -0.39 is 0 Å². The number of benzene rings is 1. The topological polar surface area (TPSA) is 86.7 Å². The Kier molecular flexibility index (Phi) is 5.24. The minimum atomic E-state index is -0.272. The molecule has 29 heavy (non-hydrogen) atoms. The molecule has 0 N–H and O–H groups in total. The quantitative estimate of drug-likeness (QED) is 0.716. The first-order valence-corrected chi connectivity index (χ1v) is 9.83.